The van der Waals surface area contributed by atoms with Crippen molar-refractivity contribution in [3.8, 4) is 0 Å². The molecule has 2 amide bonds. The third-order valence-electron chi connectivity index (χ3n) is 4.33. The molecule has 0 radical (unpaired) electrons. The van der Waals surface area contributed by atoms with Crippen LogP contribution >= 0.6 is 11.3 Å². The summed E-state index contributed by atoms with van der Waals surface area (Å²) in [5, 5.41) is 7.93. The maximum absolute atomic E-state index is 12.1. The number of carbonyl (C=O) groups excluding carboxylic acids is 2. The lowest BCUT2D eigenvalue weighted by Crippen LogP contribution is -2.56. The second-order valence-electron chi connectivity index (χ2n) is 5.68. The molecule has 6 heteroatoms. The molecule has 1 atom stereocenters. The molecule has 1 aliphatic rings. The number of hydrogen-bond acceptors (Lipinski definition) is 4. The number of thiophene rings is 1. The van der Waals surface area contributed by atoms with Gasteiger partial charge in [0, 0.05) is 24.5 Å². The summed E-state index contributed by atoms with van der Waals surface area (Å²) < 4.78 is 0. The molecule has 2 heterocycles. The smallest absolute Gasteiger partial charge is 0.237 e. The van der Waals surface area contributed by atoms with Gasteiger partial charge in [0.05, 0.1) is 12.5 Å². The van der Waals surface area contributed by atoms with Crippen molar-refractivity contribution in [1.82, 2.24) is 15.5 Å². The van der Waals surface area contributed by atoms with Crippen molar-refractivity contribution in [2.24, 2.45) is 0 Å². The number of nitrogens with zero attached hydrogens (tertiary/aromatic N) is 1. The number of aryl methyl sites for hydroxylation is 1. The van der Waals surface area contributed by atoms with Crippen LogP contribution in [0.2, 0.25) is 0 Å². The van der Waals surface area contributed by atoms with Crippen LogP contribution in [0.4, 0.5) is 0 Å². The second-order valence-corrected chi connectivity index (χ2v) is 6.77. The first kappa shape index (κ1) is 17.0. The van der Waals surface area contributed by atoms with Crippen molar-refractivity contribution < 1.29 is 9.59 Å². The fourth-order valence-electron chi connectivity index (χ4n) is 2.76. The molecular formula is C16H25N3O2S. The molecule has 122 valence electrons. The summed E-state index contributed by atoms with van der Waals surface area (Å²) in [6.07, 6.45) is 1.08. The molecule has 0 bridgehead atoms. The quantitative estimate of drug-likeness (QED) is 0.828. The molecule has 0 saturated carbocycles. The summed E-state index contributed by atoms with van der Waals surface area (Å²) in [5.74, 6) is -0.0855. The summed E-state index contributed by atoms with van der Waals surface area (Å²) in [4.78, 5) is 27.4. The van der Waals surface area contributed by atoms with Gasteiger partial charge in [0.25, 0.3) is 0 Å². The fraction of sp³-hybridized carbons (Fsp3) is 0.625. The average Bonchev–Trinajstić information content (AvgIpc) is 2.81. The maximum Gasteiger partial charge on any atom is 0.237 e. The number of carbonyl (C=O) groups is 2. The molecule has 5 nitrogen and oxygen atoms in total. The van der Waals surface area contributed by atoms with Crippen molar-refractivity contribution in [3.63, 3.8) is 0 Å². The molecule has 1 unspecified atom stereocenters. The summed E-state index contributed by atoms with van der Waals surface area (Å²) >= 11 is 1.75. The van der Waals surface area contributed by atoms with Gasteiger partial charge in [-0.1, -0.05) is 6.92 Å². The summed E-state index contributed by atoms with van der Waals surface area (Å²) in [6, 6.07) is -0.330. The van der Waals surface area contributed by atoms with Crippen molar-refractivity contribution in [3.05, 3.63) is 21.4 Å². The first-order chi connectivity index (χ1) is 10.5. The third-order valence-corrected chi connectivity index (χ3v) is 5.39. The highest BCUT2D eigenvalue weighted by Gasteiger charge is 2.30. The molecule has 2 N–H and O–H groups in total. The molecule has 1 saturated heterocycles. The lowest BCUT2D eigenvalue weighted by molar-refractivity contribution is -0.133. The molecule has 1 aromatic heterocycles. The fourth-order valence-corrected chi connectivity index (χ4v) is 3.68. The topological polar surface area (TPSA) is 61.4 Å². The first-order valence-corrected chi connectivity index (χ1v) is 8.73. The molecule has 1 fully saturated rings. The van der Waals surface area contributed by atoms with Crippen molar-refractivity contribution in [1.29, 1.82) is 0 Å². The highest BCUT2D eigenvalue weighted by Crippen LogP contribution is 2.20. The zero-order valence-electron chi connectivity index (χ0n) is 13.6. The largest absolute Gasteiger partial charge is 0.356 e. The van der Waals surface area contributed by atoms with Crippen LogP contribution in [0.15, 0.2) is 5.38 Å². The zero-order valence-corrected chi connectivity index (χ0v) is 14.4. The molecule has 0 aliphatic carbocycles. The Balaban J connectivity index is 1.79. The van der Waals surface area contributed by atoms with E-state index < -0.39 is 0 Å². The van der Waals surface area contributed by atoms with E-state index in [1.165, 1.54) is 16.0 Å². The van der Waals surface area contributed by atoms with Crippen LogP contribution in [0, 0.1) is 13.8 Å². The normalized spacial score (nSPS) is 19.0. The predicted molar refractivity (Wildman–Crippen MR) is 89.2 cm³/mol. The van der Waals surface area contributed by atoms with Crippen LogP contribution < -0.4 is 10.6 Å². The van der Waals surface area contributed by atoms with Gasteiger partial charge in [-0.25, -0.2) is 0 Å². The molecule has 1 aliphatic heterocycles. The summed E-state index contributed by atoms with van der Waals surface area (Å²) in [5.41, 5.74) is 2.62. The number of amides is 2. The molecular weight excluding hydrogens is 298 g/mol. The molecule has 0 aromatic carbocycles. The van der Waals surface area contributed by atoms with Gasteiger partial charge in [-0.3, -0.25) is 14.5 Å². The second kappa shape index (κ2) is 7.74. The van der Waals surface area contributed by atoms with Crippen LogP contribution in [-0.2, 0) is 16.0 Å². The average molecular weight is 323 g/mol. The van der Waals surface area contributed by atoms with E-state index in [1.807, 2.05) is 6.92 Å². The van der Waals surface area contributed by atoms with E-state index in [0.717, 1.165) is 19.5 Å². The van der Waals surface area contributed by atoms with Gasteiger partial charge in [0.1, 0.15) is 0 Å². The summed E-state index contributed by atoms with van der Waals surface area (Å²) in [6.45, 7) is 9.15. The van der Waals surface area contributed by atoms with Crippen molar-refractivity contribution >= 4 is 23.2 Å². The Hall–Kier alpha value is -1.40. The molecule has 0 spiro atoms. The van der Waals surface area contributed by atoms with Crippen LogP contribution in [0.25, 0.3) is 0 Å². The Morgan fingerprint density at radius 3 is 2.91 bits per heavy atom. The van der Waals surface area contributed by atoms with Crippen LogP contribution in [0.3, 0.4) is 0 Å². The van der Waals surface area contributed by atoms with E-state index in [4.69, 9.17) is 0 Å². The van der Waals surface area contributed by atoms with Gasteiger partial charge in [0.2, 0.25) is 11.8 Å². The Morgan fingerprint density at radius 1 is 1.50 bits per heavy atom. The number of rotatable bonds is 6. The van der Waals surface area contributed by atoms with Crippen LogP contribution in [0.5, 0.6) is 0 Å². The highest BCUT2D eigenvalue weighted by atomic mass is 32.1. The number of likely N-dealkylation sites (N-methyl/N-ethyl adjacent to an activating group) is 1. The Bertz CT molecular complexity index is 541. The number of nitrogens with one attached hydrogen (secondary N) is 2. The van der Waals surface area contributed by atoms with Crippen LogP contribution in [-0.4, -0.2) is 48.9 Å². The minimum Gasteiger partial charge on any atom is -0.356 e. The van der Waals surface area contributed by atoms with E-state index in [1.54, 1.807) is 11.3 Å². The van der Waals surface area contributed by atoms with Gasteiger partial charge in [-0.05, 0) is 43.3 Å². The van der Waals surface area contributed by atoms with Gasteiger partial charge in [-0.2, -0.15) is 0 Å². The molecule has 22 heavy (non-hydrogen) atoms. The van der Waals surface area contributed by atoms with E-state index in [2.05, 4.69) is 34.8 Å². The predicted octanol–water partition coefficient (Wildman–Crippen LogP) is 1.23. The van der Waals surface area contributed by atoms with E-state index in [9.17, 15) is 9.59 Å². The monoisotopic (exact) mass is 323 g/mol. The summed E-state index contributed by atoms with van der Waals surface area (Å²) in [7, 11) is 0. The first-order valence-electron chi connectivity index (χ1n) is 7.85. The SMILES string of the molecule is CCN1CCNC(=O)C1CC(=O)NCCc1csc(C)c1C. The number of piperazine rings is 1. The minimum atomic E-state index is -0.330. The standard InChI is InChI=1S/C16H25N3O2S/c1-4-19-8-7-18-16(21)14(19)9-15(20)17-6-5-13-10-22-12(3)11(13)2/h10,14H,4-9H2,1-3H3,(H,17,20)(H,18,21). The van der Waals surface area contributed by atoms with Gasteiger partial charge in [0.15, 0.2) is 0 Å². The molecule has 1 aromatic rings. The van der Waals surface area contributed by atoms with Crippen molar-refractivity contribution in [2.45, 2.75) is 39.7 Å². The van der Waals surface area contributed by atoms with Gasteiger partial charge >= 0.3 is 0 Å². The van der Waals surface area contributed by atoms with Gasteiger partial charge < -0.3 is 10.6 Å². The van der Waals surface area contributed by atoms with Gasteiger partial charge in [-0.15, -0.1) is 11.3 Å². The molecule has 2 rings (SSSR count). The van der Waals surface area contributed by atoms with E-state index >= 15 is 0 Å². The maximum atomic E-state index is 12.1. The van der Waals surface area contributed by atoms with E-state index in [0.29, 0.717) is 13.1 Å². The lowest BCUT2D eigenvalue weighted by Gasteiger charge is -2.33. The third kappa shape index (κ3) is 4.08. The highest BCUT2D eigenvalue weighted by molar-refractivity contribution is 7.10. The Morgan fingerprint density at radius 2 is 2.27 bits per heavy atom. The van der Waals surface area contributed by atoms with Crippen molar-refractivity contribution in [2.75, 3.05) is 26.2 Å². The Kier molecular flexibility index (Phi) is 5.97. The Labute approximate surface area is 136 Å². The minimum absolute atomic E-state index is 0.0347. The number of hydrogen-bond donors (Lipinski definition) is 2. The van der Waals surface area contributed by atoms with E-state index in [-0.39, 0.29) is 24.3 Å². The lowest BCUT2D eigenvalue weighted by atomic mass is 10.1. The van der Waals surface area contributed by atoms with Crippen LogP contribution in [0.1, 0.15) is 29.3 Å². The zero-order chi connectivity index (χ0) is 16.1.